The van der Waals surface area contributed by atoms with Crippen LogP contribution in [0.5, 0.6) is 0 Å². The predicted molar refractivity (Wildman–Crippen MR) is 55.9 cm³/mol. The minimum absolute atomic E-state index is 0.325. The number of nitrogens with one attached hydrogen (secondary N) is 1. The van der Waals surface area contributed by atoms with Crippen LogP contribution in [-0.4, -0.2) is 12.1 Å². The molecule has 1 aromatic rings. The summed E-state index contributed by atoms with van der Waals surface area (Å²) in [4.78, 5) is 0. The second-order valence-electron chi connectivity index (χ2n) is 4.09. The SMILES string of the molecule is Cc1ccc(CNC2CCCC2N)o1. The van der Waals surface area contributed by atoms with Crippen molar-refractivity contribution in [2.24, 2.45) is 5.73 Å². The Morgan fingerprint density at radius 2 is 2.36 bits per heavy atom. The van der Waals surface area contributed by atoms with E-state index in [0.717, 1.165) is 24.5 Å². The molecule has 78 valence electrons. The van der Waals surface area contributed by atoms with E-state index in [0.29, 0.717) is 12.1 Å². The van der Waals surface area contributed by atoms with Gasteiger partial charge in [-0.2, -0.15) is 0 Å². The normalized spacial score (nSPS) is 27.0. The summed E-state index contributed by atoms with van der Waals surface area (Å²) in [6.07, 6.45) is 3.59. The van der Waals surface area contributed by atoms with Crippen LogP contribution in [0.4, 0.5) is 0 Å². The molecule has 0 radical (unpaired) electrons. The monoisotopic (exact) mass is 194 g/mol. The van der Waals surface area contributed by atoms with Crippen molar-refractivity contribution < 1.29 is 4.42 Å². The standard InChI is InChI=1S/C11H18N2O/c1-8-5-6-9(14-8)7-13-11-4-2-3-10(11)12/h5-6,10-11,13H,2-4,7,12H2,1H3. The van der Waals surface area contributed by atoms with Crippen molar-refractivity contribution in [1.82, 2.24) is 5.32 Å². The molecule has 1 aliphatic rings. The Balaban J connectivity index is 1.82. The topological polar surface area (TPSA) is 51.2 Å². The molecule has 1 saturated carbocycles. The van der Waals surface area contributed by atoms with E-state index in [9.17, 15) is 0 Å². The number of aryl methyl sites for hydroxylation is 1. The molecule has 14 heavy (non-hydrogen) atoms. The van der Waals surface area contributed by atoms with Gasteiger partial charge in [-0.3, -0.25) is 0 Å². The molecule has 1 aliphatic carbocycles. The first-order valence-electron chi connectivity index (χ1n) is 5.30. The molecule has 0 spiro atoms. The van der Waals surface area contributed by atoms with Crippen molar-refractivity contribution in [3.63, 3.8) is 0 Å². The largest absolute Gasteiger partial charge is 0.465 e. The number of nitrogens with two attached hydrogens (primary N) is 1. The molecule has 2 unspecified atom stereocenters. The predicted octanol–water partition coefficient (Wildman–Crippen LogP) is 1.56. The van der Waals surface area contributed by atoms with Gasteiger partial charge in [0.2, 0.25) is 0 Å². The second-order valence-corrected chi connectivity index (χ2v) is 4.09. The van der Waals surface area contributed by atoms with E-state index in [1.807, 2.05) is 19.1 Å². The molecule has 3 heteroatoms. The molecule has 3 nitrogen and oxygen atoms in total. The summed E-state index contributed by atoms with van der Waals surface area (Å²) < 4.78 is 5.48. The number of furan rings is 1. The van der Waals surface area contributed by atoms with Crippen molar-refractivity contribution in [3.8, 4) is 0 Å². The highest BCUT2D eigenvalue weighted by Gasteiger charge is 2.23. The molecule has 2 rings (SSSR count). The summed E-state index contributed by atoms with van der Waals surface area (Å²) in [5.41, 5.74) is 5.96. The lowest BCUT2D eigenvalue weighted by atomic mass is 10.2. The fraction of sp³-hybridized carbons (Fsp3) is 0.636. The zero-order chi connectivity index (χ0) is 9.97. The lowest BCUT2D eigenvalue weighted by molar-refractivity contribution is 0.416. The summed E-state index contributed by atoms with van der Waals surface area (Å²) in [6, 6.07) is 4.81. The van der Waals surface area contributed by atoms with Crippen molar-refractivity contribution in [1.29, 1.82) is 0 Å². The quantitative estimate of drug-likeness (QED) is 0.767. The number of hydrogen-bond donors (Lipinski definition) is 2. The Labute approximate surface area is 84.7 Å². The first-order chi connectivity index (χ1) is 6.75. The summed E-state index contributed by atoms with van der Waals surface area (Å²) in [5, 5.41) is 3.44. The molecular weight excluding hydrogens is 176 g/mol. The van der Waals surface area contributed by atoms with Gasteiger partial charge in [0, 0.05) is 12.1 Å². The van der Waals surface area contributed by atoms with Crippen LogP contribution >= 0.6 is 0 Å². The van der Waals surface area contributed by atoms with Crippen LogP contribution < -0.4 is 11.1 Å². The van der Waals surface area contributed by atoms with Crippen molar-refractivity contribution in [3.05, 3.63) is 23.7 Å². The maximum absolute atomic E-state index is 5.96. The van der Waals surface area contributed by atoms with E-state index >= 15 is 0 Å². The van der Waals surface area contributed by atoms with Gasteiger partial charge in [0.25, 0.3) is 0 Å². The molecule has 0 aromatic carbocycles. The maximum Gasteiger partial charge on any atom is 0.117 e. The highest BCUT2D eigenvalue weighted by molar-refractivity contribution is 5.05. The van der Waals surface area contributed by atoms with Crippen molar-refractivity contribution in [2.45, 2.75) is 44.8 Å². The van der Waals surface area contributed by atoms with Gasteiger partial charge in [-0.1, -0.05) is 6.42 Å². The van der Waals surface area contributed by atoms with Gasteiger partial charge in [-0.15, -0.1) is 0 Å². The molecule has 1 heterocycles. The van der Waals surface area contributed by atoms with Crippen LogP contribution in [0.15, 0.2) is 16.5 Å². The minimum atomic E-state index is 0.325. The van der Waals surface area contributed by atoms with Crippen molar-refractivity contribution in [2.75, 3.05) is 0 Å². The van der Waals surface area contributed by atoms with Crippen LogP contribution in [0.25, 0.3) is 0 Å². The van der Waals surface area contributed by atoms with Gasteiger partial charge in [0.15, 0.2) is 0 Å². The van der Waals surface area contributed by atoms with E-state index in [4.69, 9.17) is 10.2 Å². The first kappa shape index (κ1) is 9.74. The highest BCUT2D eigenvalue weighted by atomic mass is 16.3. The van der Waals surface area contributed by atoms with Gasteiger partial charge in [0.1, 0.15) is 11.5 Å². The van der Waals surface area contributed by atoms with Crippen LogP contribution in [0.1, 0.15) is 30.8 Å². The van der Waals surface area contributed by atoms with Gasteiger partial charge in [-0.05, 0) is 31.9 Å². The molecule has 0 bridgehead atoms. The lowest BCUT2D eigenvalue weighted by Gasteiger charge is -2.15. The lowest BCUT2D eigenvalue weighted by Crippen LogP contribution is -2.40. The summed E-state index contributed by atoms with van der Waals surface area (Å²) in [7, 11) is 0. The van der Waals surface area contributed by atoms with Crippen LogP contribution in [-0.2, 0) is 6.54 Å². The van der Waals surface area contributed by atoms with E-state index in [-0.39, 0.29) is 0 Å². The molecular formula is C11H18N2O. The van der Waals surface area contributed by atoms with Gasteiger partial charge >= 0.3 is 0 Å². The fourth-order valence-corrected chi connectivity index (χ4v) is 2.05. The minimum Gasteiger partial charge on any atom is -0.465 e. The number of rotatable bonds is 3. The van der Waals surface area contributed by atoms with Crippen LogP contribution in [0, 0.1) is 6.92 Å². The van der Waals surface area contributed by atoms with Crippen LogP contribution in [0.2, 0.25) is 0 Å². The molecule has 1 aromatic heterocycles. The Morgan fingerprint density at radius 3 is 2.93 bits per heavy atom. The average molecular weight is 194 g/mol. The Kier molecular flexibility index (Phi) is 2.89. The molecule has 1 fully saturated rings. The van der Waals surface area contributed by atoms with Gasteiger partial charge in [0.05, 0.1) is 6.54 Å². The Morgan fingerprint density at radius 1 is 1.50 bits per heavy atom. The summed E-state index contributed by atoms with van der Waals surface area (Å²) >= 11 is 0. The molecule has 3 N–H and O–H groups in total. The zero-order valence-corrected chi connectivity index (χ0v) is 8.62. The summed E-state index contributed by atoms with van der Waals surface area (Å²) in [5.74, 6) is 1.97. The molecule has 2 atom stereocenters. The zero-order valence-electron chi connectivity index (χ0n) is 8.62. The maximum atomic E-state index is 5.96. The smallest absolute Gasteiger partial charge is 0.117 e. The number of hydrogen-bond acceptors (Lipinski definition) is 3. The second kappa shape index (κ2) is 4.15. The molecule has 0 amide bonds. The third kappa shape index (κ3) is 2.16. The Hall–Kier alpha value is -0.800. The summed E-state index contributed by atoms with van der Waals surface area (Å²) in [6.45, 7) is 2.76. The van der Waals surface area contributed by atoms with E-state index in [2.05, 4.69) is 5.32 Å². The average Bonchev–Trinajstić information content (AvgIpc) is 2.72. The van der Waals surface area contributed by atoms with Gasteiger partial charge < -0.3 is 15.5 Å². The fourth-order valence-electron chi connectivity index (χ4n) is 2.05. The molecule has 0 aliphatic heterocycles. The Bertz CT molecular complexity index is 295. The van der Waals surface area contributed by atoms with E-state index in [1.54, 1.807) is 0 Å². The molecule has 0 saturated heterocycles. The van der Waals surface area contributed by atoms with E-state index in [1.165, 1.54) is 12.8 Å². The van der Waals surface area contributed by atoms with Crippen LogP contribution in [0.3, 0.4) is 0 Å². The third-order valence-electron chi connectivity index (χ3n) is 2.90. The third-order valence-corrected chi connectivity index (χ3v) is 2.90. The first-order valence-corrected chi connectivity index (χ1v) is 5.30. The van der Waals surface area contributed by atoms with Gasteiger partial charge in [-0.25, -0.2) is 0 Å². The highest BCUT2D eigenvalue weighted by Crippen LogP contribution is 2.17. The van der Waals surface area contributed by atoms with Crippen molar-refractivity contribution >= 4 is 0 Å². The van der Waals surface area contributed by atoms with E-state index < -0.39 is 0 Å².